The van der Waals surface area contributed by atoms with Crippen LogP contribution in [0.15, 0.2) is 4.52 Å². The molecular weight excluding hydrogens is 172 g/mol. The monoisotopic (exact) mass is 184 g/mol. The van der Waals surface area contributed by atoms with E-state index in [0.717, 1.165) is 0 Å². The maximum absolute atomic E-state index is 10.8. The second-order valence-electron chi connectivity index (χ2n) is 3.52. The Balaban J connectivity index is 2.98. The summed E-state index contributed by atoms with van der Waals surface area (Å²) in [5, 5.41) is 12.5. The molecule has 1 heterocycles. The van der Waals surface area contributed by atoms with E-state index in [4.69, 9.17) is 9.63 Å². The number of carbonyl (C=O) groups is 1. The molecule has 5 heteroatoms. The largest absolute Gasteiger partial charge is 0.395 e. The summed E-state index contributed by atoms with van der Waals surface area (Å²) in [4.78, 5) is 14.7. The van der Waals surface area contributed by atoms with Gasteiger partial charge < -0.3 is 9.63 Å². The van der Waals surface area contributed by atoms with Crippen molar-refractivity contribution < 1.29 is 14.4 Å². The fourth-order valence-corrected chi connectivity index (χ4v) is 0.709. The number of hydrogen-bond donors (Lipinski definition) is 1. The van der Waals surface area contributed by atoms with E-state index >= 15 is 0 Å². The van der Waals surface area contributed by atoms with Crippen LogP contribution in [0.4, 0.5) is 0 Å². The molecule has 0 atom stereocenters. The van der Waals surface area contributed by atoms with E-state index < -0.39 is 5.41 Å². The number of aliphatic hydroxyl groups excluding tert-OH is 1. The van der Waals surface area contributed by atoms with E-state index in [0.29, 0.717) is 0 Å². The van der Waals surface area contributed by atoms with Gasteiger partial charge >= 0.3 is 0 Å². The molecule has 13 heavy (non-hydrogen) atoms. The fourth-order valence-electron chi connectivity index (χ4n) is 0.709. The lowest BCUT2D eigenvalue weighted by Gasteiger charge is -2.14. The van der Waals surface area contributed by atoms with Crippen molar-refractivity contribution in [1.29, 1.82) is 0 Å². The van der Waals surface area contributed by atoms with Gasteiger partial charge in [-0.1, -0.05) is 5.16 Å². The standard InChI is InChI=1S/C8H12N2O3/c1-5(12)6-9-7(13-10-6)8(2,3)4-11/h11H,4H2,1-3H3. The van der Waals surface area contributed by atoms with Gasteiger partial charge in [-0.25, -0.2) is 0 Å². The average molecular weight is 184 g/mol. The summed E-state index contributed by atoms with van der Waals surface area (Å²) >= 11 is 0. The Hall–Kier alpha value is -1.23. The molecule has 0 aliphatic carbocycles. The predicted molar refractivity (Wildman–Crippen MR) is 44.4 cm³/mol. The van der Waals surface area contributed by atoms with Crippen molar-refractivity contribution in [3.8, 4) is 0 Å². The summed E-state index contributed by atoms with van der Waals surface area (Å²) in [5.41, 5.74) is -0.597. The molecule has 5 nitrogen and oxygen atoms in total. The lowest BCUT2D eigenvalue weighted by molar-refractivity contribution is 0.100. The molecule has 0 saturated carbocycles. The summed E-state index contributed by atoms with van der Waals surface area (Å²) < 4.78 is 4.84. The van der Waals surface area contributed by atoms with Gasteiger partial charge in [0.1, 0.15) is 0 Å². The minimum atomic E-state index is -0.597. The predicted octanol–water partition coefficient (Wildman–Crippen LogP) is 0.542. The normalized spacial score (nSPS) is 11.7. The number of carbonyl (C=O) groups excluding carboxylic acids is 1. The van der Waals surface area contributed by atoms with Gasteiger partial charge in [0, 0.05) is 6.92 Å². The first kappa shape index (κ1) is 9.85. The topological polar surface area (TPSA) is 76.2 Å². The van der Waals surface area contributed by atoms with Crippen molar-refractivity contribution in [2.45, 2.75) is 26.2 Å². The third-order valence-electron chi connectivity index (χ3n) is 1.72. The first-order chi connectivity index (χ1) is 5.97. The number of hydrogen-bond acceptors (Lipinski definition) is 5. The van der Waals surface area contributed by atoms with E-state index in [2.05, 4.69) is 10.1 Å². The summed E-state index contributed by atoms with van der Waals surface area (Å²) in [6.07, 6.45) is 0. The Morgan fingerprint density at radius 1 is 1.62 bits per heavy atom. The summed E-state index contributed by atoms with van der Waals surface area (Å²) in [7, 11) is 0. The number of ketones is 1. The molecule has 0 fully saturated rings. The van der Waals surface area contributed by atoms with Crippen LogP contribution in [0.1, 0.15) is 37.3 Å². The Labute approximate surface area is 75.8 Å². The van der Waals surface area contributed by atoms with Crippen molar-refractivity contribution in [2.75, 3.05) is 6.61 Å². The molecule has 72 valence electrons. The Kier molecular flexibility index (Phi) is 2.47. The summed E-state index contributed by atoms with van der Waals surface area (Å²) in [6, 6.07) is 0. The highest BCUT2D eigenvalue weighted by molar-refractivity contribution is 5.89. The molecule has 0 radical (unpaired) electrons. The zero-order valence-electron chi connectivity index (χ0n) is 7.87. The second kappa shape index (κ2) is 3.26. The van der Waals surface area contributed by atoms with Crippen LogP contribution < -0.4 is 0 Å². The maximum atomic E-state index is 10.8. The molecule has 0 unspecified atom stereocenters. The highest BCUT2D eigenvalue weighted by atomic mass is 16.5. The lowest BCUT2D eigenvalue weighted by atomic mass is 9.95. The third-order valence-corrected chi connectivity index (χ3v) is 1.72. The smallest absolute Gasteiger partial charge is 0.238 e. The van der Waals surface area contributed by atoms with E-state index in [1.54, 1.807) is 13.8 Å². The first-order valence-corrected chi connectivity index (χ1v) is 3.93. The molecular formula is C8H12N2O3. The molecule has 0 bridgehead atoms. The molecule has 0 saturated heterocycles. The van der Waals surface area contributed by atoms with Crippen LogP contribution in [0, 0.1) is 0 Å². The van der Waals surface area contributed by atoms with E-state index in [1.807, 2.05) is 0 Å². The molecule has 0 aliphatic rings. The van der Waals surface area contributed by atoms with Crippen molar-refractivity contribution in [1.82, 2.24) is 10.1 Å². The van der Waals surface area contributed by atoms with Crippen LogP contribution in [-0.4, -0.2) is 27.6 Å². The van der Waals surface area contributed by atoms with Gasteiger partial charge in [-0.15, -0.1) is 0 Å². The number of Topliss-reactive ketones (excluding diaryl/α,β-unsaturated/α-hetero) is 1. The van der Waals surface area contributed by atoms with E-state index in [1.165, 1.54) is 6.92 Å². The van der Waals surface area contributed by atoms with Crippen LogP contribution in [0.5, 0.6) is 0 Å². The van der Waals surface area contributed by atoms with Crippen LogP contribution in [0.3, 0.4) is 0 Å². The molecule has 1 N–H and O–H groups in total. The minimum absolute atomic E-state index is 0.0523. The summed E-state index contributed by atoms with van der Waals surface area (Å²) in [6.45, 7) is 4.77. The average Bonchev–Trinajstić information content (AvgIpc) is 2.52. The van der Waals surface area contributed by atoms with Crippen molar-refractivity contribution in [3.63, 3.8) is 0 Å². The maximum Gasteiger partial charge on any atom is 0.238 e. The molecule has 0 aliphatic heterocycles. The van der Waals surface area contributed by atoms with Crippen LogP contribution in [0.2, 0.25) is 0 Å². The zero-order valence-corrected chi connectivity index (χ0v) is 7.87. The van der Waals surface area contributed by atoms with E-state index in [-0.39, 0.29) is 24.1 Å². The molecule has 1 aromatic rings. The zero-order chi connectivity index (χ0) is 10.1. The molecule has 1 aromatic heterocycles. The SMILES string of the molecule is CC(=O)c1noc(C(C)(C)CO)n1. The fraction of sp³-hybridized carbons (Fsp3) is 0.625. The Morgan fingerprint density at radius 3 is 2.62 bits per heavy atom. The minimum Gasteiger partial charge on any atom is -0.395 e. The van der Waals surface area contributed by atoms with Gasteiger partial charge in [-0.05, 0) is 13.8 Å². The molecule has 1 rings (SSSR count). The molecule has 0 aromatic carbocycles. The van der Waals surface area contributed by atoms with Crippen LogP contribution in [-0.2, 0) is 5.41 Å². The quantitative estimate of drug-likeness (QED) is 0.694. The Bertz CT molecular complexity index is 317. The van der Waals surface area contributed by atoms with Crippen molar-refractivity contribution in [2.24, 2.45) is 0 Å². The van der Waals surface area contributed by atoms with Gasteiger partial charge in [0.2, 0.25) is 17.5 Å². The molecule has 0 spiro atoms. The van der Waals surface area contributed by atoms with E-state index in [9.17, 15) is 4.79 Å². The number of rotatable bonds is 3. The summed E-state index contributed by atoms with van der Waals surface area (Å²) in [5.74, 6) is 0.0838. The lowest BCUT2D eigenvalue weighted by Crippen LogP contribution is -2.22. The van der Waals surface area contributed by atoms with Gasteiger partial charge in [-0.3, -0.25) is 4.79 Å². The van der Waals surface area contributed by atoms with Gasteiger partial charge in [0.05, 0.1) is 12.0 Å². The van der Waals surface area contributed by atoms with Gasteiger partial charge in [-0.2, -0.15) is 4.98 Å². The number of aliphatic hydroxyl groups is 1. The van der Waals surface area contributed by atoms with Crippen molar-refractivity contribution >= 4 is 5.78 Å². The third kappa shape index (κ3) is 1.92. The van der Waals surface area contributed by atoms with Crippen LogP contribution in [0.25, 0.3) is 0 Å². The van der Waals surface area contributed by atoms with Gasteiger partial charge in [0.25, 0.3) is 0 Å². The first-order valence-electron chi connectivity index (χ1n) is 3.93. The highest BCUT2D eigenvalue weighted by Gasteiger charge is 2.27. The molecule has 0 amide bonds. The van der Waals surface area contributed by atoms with Crippen molar-refractivity contribution in [3.05, 3.63) is 11.7 Å². The Morgan fingerprint density at radius 2 is 2.23 bits per heavy atom. The highest BCUT2D eigenvalue weighted by Crippen LogP contribution is 2.19. The number of aromatic nitrogens is 2. The van der Waals surface area contributed by atoms with Crippen LogP contribution >= 0.6 is 0 Å². The van der Waals surface area contributed by atoms with Gasteiger partial charge in [0.15, 0.2) is 0 Å². The number of nitrogens with zero attached hydrogens (tertiary/aromatic N) is 2. The second-order valence-corrected chi connectivity index (χ2v) is 3.52.